The van der Waals surface area contributed by atoms with Gasteiger partial charge in [-0.2, -0.15) is 0 Å². The summed E-state index contributed by atoms with van der Waals surface area (Å²) in [6.45, 7) is 4.14. The normalized spacial score (nSPS) is 16.8. The van der Waals surface area contributed by atoms with Crippen molar-refractivity contribution in [2.45, 2.75) is 141 Å². The zero-order chi connectivity index (χ0) is 25.4. The van der Waals surface area contributed by atoms with E-state index >= 15 is 0 Å². The molecular formula is C28H54N2O5. The number of rotatable bonds is 23. The highest BCUT2D eigenvalue weighted by Gasteiger charge is 2.20. The second-order valence-electron chi connectivity index (χ2n) is 10.0. The van der Waals surface area contributed by atoms with Crippen LogP contribution >= 0.6 is 0 Å². The van der Waals surface area contributed by atoms with Gasteiger partial charge in [-0.1, -0.05) is 103 Å². The van der Waals surface area contributed by atoms with Crippen LogP contribution in [0.2, 0.25) is 0 Å². The molecule has 0 saturated carbocycles. The van der Waals surface area contributed by atoms with E-state index in [2.05, 4.69) is 12.2 Å². The smallest absolute Gasteiger partial charge is 0.309 e. The first-order valence-electron chi connectivity index (χ1n) is 14.5. The molecule has 0 spiro atoms. The van der Waals surface area contributed by atoms with E-state index in [1.165, 1.54) is 89.9 Å². The van der Waals surface area contributed by atoms with Gasteiger partial charge in [0.1, 0.15) is 0 Å². The van der Waals surface area contributed by atoms with Crippen LogP contribution in [0.4, 0.5) is 0 Å². The number of unbranched alkanes of at least 4 members (excludes halogenated alkanes) is 15. The van der Waals surface area contributed by atoms with E-state index in [0.717, 1.165) is 32.1 Å². The van der Waals surface area contributed by atoms with Gasteiger partial charge in [-0.25, -0.2) is 0 Å². The molecule has 2 atom stereocenters. The molecule has 1 fully saturated rings. The minimum atomic E-state index is -0.998. The summed E-state index contributed by atoms with van der Waals surface area (Å²) in [5.41, 5.74) is 5.06. The van der Waals surface area contributed by atoms with E-state index < -0.39 is 17.9 Å². The summed E-state index contributed by atoms with van der Waals surface area (Å²) in [6.07, 6.45) is 24.1. The average molecular weight is 499 g/mol. The summed E-state index contributed by atoms with van der Waals surface area (Å²) < 4.78 is 17.0. The fourth-order valence-electron chi connectivity index (χ4n) is 4.43. The van der Waals surface area contributed by atoms with Crippen molar-refractivity contribution in [2.75, 3.05) is 26.4 Å². The van der Waals surface area contributed by atoms with Crippen LogP contribution in [0, 0.1) is 0 Å². The lowest BCUT2D eigenvalue weighted by molar-refractivity contribution is -0.169. The molecule has 2 amide bonds. The maximum absolute atomic E-state index is 11.7. The van der Waals surface area contributed by atoms with E-state index in [4.69, 9.17) is 19.9 Å². The van der Waals surface area contributed by atoms with Crippen molar-refractivity contribution in [1.82, 2.24) is 5.32 Å². The quantitative estimate of drug-likeness (QED) is 0.137. The number of hydrogen-bond acceptors (Lipinski definition) is 5. The Balaban J connectivity index is 1.94. The number of ether oxygens (including phenoxy) is 3. The first kappa shape index (κ1) is 31.8. The first-order valence-corrected chi connectivity index (χ1v) is 14.5. The van der Waals surface area contributed by atoms with Gasteiger partial charge in [0.15, 0.2) is 6.29 Å². The Morgan fingerprint density at radius 3 is 1.86 bits per heavy atom. The highest BCUT2D eigenvalue weighted by molar-refractivity contribution is 6.34. The Kier molecular flexibility index (Phi) is 21.1. The Labute approximate surface area is 214 Å². The minimum absolute atomic E-state index is 0.239. The lowest BCUT2D eigenvalue weighted by atomic mass is 10.0. The molecule has 0 bridgehead atoms. The van der Waals surface area contributed by atoms with E-state index in [1.807, 2.05) is 0 Å². The van der Waals surface area contributed by atoms with E-state index in [0.29, 0.717) is 19.8 Å². The third kappa shape index (κ3) is 19.7. The maximum Gasteiger partial charge on any atom is 0.309 e. The van der Waals surface area contributed by atoms with E-state index in [1.54, 1.807) is 0 Å². The average Bonchev–Trinajstić information content (AvgIpc) is 2.86. The number of hydrogen-bond donors (Lipinski definition) is 2. The van der Waals surface area contributed by atoms with Gasteiger partial charge in [-0.05, 0) is 25.7 Å². The molecule has 1 saturated heterocycles. The minimum Gasteiger partial charge on any atom is -0.379 e. The summed E-state index contributed by atoms with van der Waals surface area (Å²) in [7, 11) is 0. The van der Waals surface area contributed by atoms with Gasteiger partial charge in [0.05, 0.1) is 19.3 Å². The maximum atomic E-state index is 11.7. The van der Waals surface area contributed by atoms with Crippen molar-refractivity contribution in [3.05, 3.63) is 0 Å². The van der Waals surface area contributed by atoms with Crippen molar-refractivity contribution in [3.63, 3.8) is 0 Å². The molecule has 2 unspecified atom stereocenters. The van der Waals surface area contributed by atoms with Gasteiger partial charge in [-0.3, -0.25) is 9.59 Å². The lowest BCUT2D eigenvalue weighted by Crippen LogP contribution is -2.47. The van der Waals surface area contributed by atoms with E-state index in [-0.39, 0.29) is 12.9 Å². The number of amides is 2. The monoisotopic (exact) mass is 498 g/mol. The van der Waals surface area contributed by atoms with Crippen molar-refractivity contribution < 1.29 is 23.8 Å². The molecule has 1 aliphatic rings. The summed E-state index contributed by atoms with van der Waals surface area (Å²) in [4.78, 5) is 22.8. The van der Waals surface area contributed by atoms with Crippen LogP contribution in [0.1, 0.15) is 129 Å². The largest absolute Gasteiger partial charge is 0.379 e. The van der Waals surface area contributed by atoms with Gasteiger partial charge in [0.25, 0.3) is 0 Å². The zero-order valence-electron chi connectivity index (χ0n) is 22.5. The summed E-state index contributed by atoms with van der Waals surface area (Å²) >= 11 is 0. The van der Waals surface area contributed by atoms with Crippen LogP contribution in [0.5, 0.6) is 0 Å². The highest BCUT2D eigenvalue weighted by Crippen LogP contribution is 2.15. The summed E-state index contributed by atoms with van der Waals surface area (Å²) in [5, 5.41) is 2.59. The highest BCUT2D eigenvalue weighted by atomic mass is 16.7. The van der Waals surface area contributed by atoms with Gasteiger partial charge >= 0.3 is 11.8 Å². The Morgan fingerprint density at radius 2 is 1.37 bits per heavy atom. The number of carbonyl (C=O) groups is 2. The second kappa shape index (κ2) is 23.2. The topological polar surface area (TPSA) is 99.9 Å². The zero-order valence-corrected chi connectivity index (χ0v) is 22.5. The molecule has 35 heavy (non-hydrogen) atoms. The fraction of sp³-hybridized carbons (Fsp3) is 0.929. The molecule has 3 N–H and O–H groups in total. The van der Waals surface area contributed by atoms with Crippen LogP contribution in [0.3, 0.4) is 0 Å². The molecule has 0 radical (unpaired) electrons. The Bertz CT molecular complexity index is 512. The molecule has 0 aromatic carbocycles. The fourth-order valence-corrected chi connectivity index (χ4v) is 4.43. The van der Waals surface area contributed by atoms with Crippen LogP contribution < -0.4 is 11.1 Å². The van der Waals surface area contributed by atoms with Gasteiger partial charge < -0.3 is 25.3 Å². The lowest BCUT2D eigenvalue weighted by Gasteiger charge is -2.25. The molecule has 0 aromatic heterocycles. The standard InChI is InChI=1S/C28H54N2O5/c1-2-3-4-5-6-7-8-9-10-11-12-13-14-15-16-18-21-33-23-25(30-28(32)27(29)31)24-35-26-20-17-19-22-34-26/h25-26H,2-24H2,1H3,(H2,29,31)(H,30,32). The first-order chi connectivity index (χ1) is 17.1. The van der Waals surface area contributed by atoms with Crippen molar-refractivity contribution >= 4 is 11.8 Å². The molecule has 0 aromatic rings. The third-order valence-electron chi connectivity index (χ3n) is 6.64. The second-order valence-corrected chi connectivity index (χ2v) is 10.0. The van der Waals surface area contributed by atoms with Crippen LogP contribution in [-0.4, -0.2) is 50.6 Å². The van der Waals surface area contributed by atoms with Gasteiger partial charge in [-0.15, -0.1) is 0 Å². The Morgan fingerprint density at radius 1 is 0.829 bits per heavy atom. The molecule has 206 valence electrons. The molecule has 0 aliphatic carbocycles. The van der Waals surface area contributed by atoms with Crippen LogP contribution in [0.15, 0.2) is 0 Å². The predicted molar refractivity (Wildman–Crippen MR) is 141 cm³/mol. The molecule has 1 aliphatic heterocycles. The number of nitrogens with one attached hydrogen (secondary N) is 1. The van der Waals surface area contributed by atoms with Crippen molar-refractivity contribution in [2.24, 2.45) is 5.73 Å². The molecular weight excluding hydrogens is 444 g/mol. The number of carbonyl (C=O) groups excluding carboxylic acids is 2. The number of nitrogens with two attached hydrogens (primary N) is 1. The molecule has 7 nitrogen and oxygen atoms in total. The third-order valence-corrected chi connectivity index (χ3v) is 6.64. The van der Waals surface area contributed by atoms with Crippen LogP contribution in [-0.2, 0) is 23.8 Å². The number of primary amides is 1. The SMILES string of the molecule is CCCCCCCCCCCCCCCCCCOCC(COC1CCCCO1)NC(=O)C(N)=O. The molecule has 7 heteroatoms. The van der Waals surface area contributed by atoms with Crippen LogP contribution in [0.25, 0.3) is 0 Å². The van der Waals surface area contributed by atoms with Crippen molar-refractivity contribution in [3.8, 4) is 0 Å². The summed E-state index contributed by atoms with van der Waals surface area (Å²) in [6, 6.07) is -0.415. The van der Waals surface area contributed by atoms with E-state index in [9.17, 15) is 9.59 Å². The van der Waals surface area contributed by atoms with Crippen molar-refractivity contribution in [1.29, 1.82) is 0 Å². The molecule has 1 rings (SSSR count). The molecule has 1 heterocycles. The summed E-state index contributed by atoms with van der Waals surface area (Å²) in [5.74, 6) is -1.81. The Hall–Kier alpha value is -1.18. The van der Waals surface area contributed by atoms with Gasteiger partial charge in [0, 0.05) is 13.2 Å². The van der Waals surface area contributed by atoms with Gasteiger partial charge in [0.2, 0.25) is 0 Å². The predicted octanol–water partition coefficient (Wildman–Crippen LogP) is 5.78.